The molecule has 0 aromatic carbocycles. The molecule has 1 aliphatic rings. The van der Waals surface area contributed by atoms with E-state index in [2.05, 4.69) is 35.9 Å². The Kier molecular flexibility index (Phi) is 6.19. The monoisotopic (exact) mass is 441 g/mol. The second-order valence-electron chi connectivity index (χ2n) is 7.89. The zero-order chi connectivity index (χ0) is 21.8. The van der Waals surface area contributed by atoms with Crippen molar-refractivity contribution in [2.75, 3.05) is 11.9 Å². The fraction of sp³-hybridized carbons (Fsp3) is 0.381. The first kappa shape index (κ1) is 21.3. The minimum atomic E-state index is -0.784. The Labute approximate surface area is 183 Å². The second-order valence-corrected chi connectivity index (χ2v) is 8.75. The number of nitrogens with zero attached hydrogens (tertiary/aromatic N) is 4. The van der Waals surface area contributed by atoms with Gasteiger partial charge in [-0.2, -0.15) is 0 Å². The van der Waals surface area contributed by atoms with E-state index in [1.807, 2.05) is 19.2 Å². The van der Waals surface area contributed by atoms with Crippen molar-refractivity contribution in [2.45, 2.75) is 44.8 Å². The minimum absolute atomic E-state index is 0.0118. The molecule has 31 heavy (non-hydrogen) atoms. The zero-order valence-corrected chi connectivity index (χ0v) is 18.2. The summed E-state index contributed by atoms with van der Waals surface area (Å²) >= 11 is 1.47. The largest absolute Gasteiger partial charge is 0.349 e. The molecular weight excluding hydrogens is 417 g/mol. The molecule has 1 unspecified atom stereocenters. The second kappa shape index (κ2) is 9.03. The van der Waals surface area contributed by atoms with Crippen LogP contribution in [0.15, 0.2) is 36.1 Å². The molecule has 1 fully saturated rings. The van der Waals surface area contributed by atoms with E-state index in [9.17, 15) is 9.18 Å². The van der Waals surface area contributed by atoms with Gasteiger partial charge in [0.1, 0.15) is 16.5 Å². The molecular formula is C21H24FN7OS. The first-order valence-corrected chi connectivity index (χ1v) is 11.0. The summed E-state index contributed by atoms with van der Waals surface area (Å²) in [6, 6.07) is 2.83. The number of hydrogen-bond donors (Lipinski definition) is 3. The third-order valence-electron chi connectivity index (χ3n) is 5.05. The number of carbonyl (C=O) groups is 1. The Morgan fingerprint density at radius 3 is 2.84 bits per heavy atom. The number of aromatic nitrogens is 4. The lowest BCUT2D eigenvalue weighted by Crippen LogP contribution is -2.40. The third-order valence-corrected chi connectivity index (χ3v) is 5.99. The van der Waals surface area contributed by atoms with Crippen LogP contribution in [0.3, 0.4) is 0 Å². The average molecular weight is 442 g/mol. The topological polar surface area (TPSA) is 105 Å². The van der Waals surface area contributed by atoms with Crippen molar-refractivity contribution in [1.29, 1.82) is 0 Å². The summed E-state index contributed by atoms with van der Waals surface area (Å²) in [6.07, 6.45) is 6.79. The molecule has 3 aromatic heterocycles. The predicted octanol–water partition coefficient (Wildman–Crippen LogP) is 2.85. The molecule has 1 aliphatic heterocycles. The molecule has 1 atom stereocenters. The van der Waals surface area contributed by atoms with E-state index in [-0.39, 0.29) is 17.8 Å². The van der Waals surface area contributed by atoms with Gasteiger partial charge < -0.3 is 16.0 Å². The van der Waals surface area contributed by atoms with Gasteiger partial charge in [-0.3, -0.25) is 9.78 Å². The maximum atomic E-state index is 14.1. The Balaban J connectivity index is 1.38. The summed E-state index contributed by atoms with van der Waals surface area (Å²) in [6.45, 7) is 4.91. The van der Waals surface area contributed by atoms with Crippen LogP contribution in [0.25, 0.3) is 10.6 Å². The van der Waals surface area contributed by atoms with Crippen LogP contribution in [0, 0.1) is 5.82 Å². The Bertz CT molecular complexity index is 1050. The van der Waals surface area contributed by atoms with Crippen LogP contribution >= 0.6 is 11.3 Å². The SMILES string of the molecule is CC(C)(Nc1ncc(-c2nc(CNC(=O)C3CCCN3)cs2)cn1)c1ncccc1F. The summed E-state index contributed by atoms with van der Waals surface area (Å²) in [7, 11) is 0. The molecule has 8 nitrogen and oxygen atoms in total. The van der Waals surface area contributed by atoms with Gasteiger partial charge in [0.2, 0.25) is 11.9 Å². The summed E-state index contributed by atoms with van der Waals surface area (Å²) in [5, 5.41) is 11.9. The highest BCUT2D eigenvalue weighted by atomic mass is 32.1. The summed E-state index contributed by atoms with van der Waals surface area (Å²) in [4.78, 5) is 29.5. The van der Waals surface area contributed by atoms with Gasteiger partial charge in [0, 0.05) is 29.5 Å². The number of hydrogen-bond acceptors (Lipinski definition) is 8. The first-order chi connectivity index (χ1) is 14.9. The van der Waals surface area contributed by atoms with Crippen LogP contribution in [0.5, 0.6) is 0 Å². The molecule has 162 valence electrons. The van der Waals surface area contributed by atoms with Crippen molar-refractivity contribution in [3.63, 3.8) is 0 Å². The molecule has 1 amide bonds. The van der Waals surface area contributed by atoms with Crippen LogP contribution in [0.2, 0.25) is 0 Å². The van der Waals surface area contributed by atoms with E-state index in [1.165, 1.54) is 17.4 Å². The number of anilines is 1. The van der Waals surface area contributed by atoms with Gasteiger partial charge in [0.05, 0.1) is 23.8 Å². The molecule has 0 bridgehead atoms. The molecule has 4 heterocycles. The fourth-order valence-electron chi connectivity index (χ4n) is 3.42. The smallest absolute Gasteiger partial charge is 0.237 e. The van der Waals surface area contributed by atoms with Gasteiger partial charge >= 0.3 is 0 Å². The molecule has 0 saturated carbocycles. The van der Waals surface area contributed by atoms with Crippen LogP contribution in [0.4, 0.5) is 10.3 Å². The van der Waals surface area contributed by atoms with Crippen LogP contribution in [-0.2, 0) is 16.9 Å². The molecule has 4 rings (SSSR count). The van der Waals surface area contributed by atoms with Crippen molar-refractivity contribution in [2.24, 2.45) is 0 Å². The molecule has 10 heteroatoms. The van der Waals surface area contributed by atoms with Crippen molar-refractivity contribution < 1.29 is 9.18 Å². The fourth-order valence-corrected chi connectivity index (χ4v) is 4.21. The number of thiazole rings is 1. The standard InChI is InChI=1S/C21H24FN7OS/c1-21(2,17-15(22)5-3-8-24-17)29-20-26-9-13(10-27-20)19-28-14(12-31-19)11-25-18(30)16-6-4-7-23-16/h3,5,8-10,12,16,23H,4,6-7,11H2,1-2H3,(H,25,30)(H,26,27,29). The van der Waals surface area contributed by atoms with Crippen LogP contribution in [-0.4, -0.2) is 38.4 Å². The normalized spacial score (nSPS) is 16.3. The average Bonchev–Trinajstić information content (AvgIpc) is 3.45. The zero-order valence-electron chi connectivity index (χ0n) is 17.4. The Morgan fingerprint density at radius 2 is 2.13 bits per heavy atom. The van der Waals surface area contributed by atoms with Crippen molar-refractivity contribution >= 4 is 23.2 Å². The molecule has 0 aliphatic carbocycles. The van der Waals surface area contributed by atoms with Gasteiger partial charge in [-0.05, 0) is 45.4 Å². The molecule has 0 radical (unpaired) electrons. The lowest BCUT2D eigenvalue weighted by atomic mass is 9.99. The van der Waals surface area contributed by atoms with Crippen molar-refractivity contribution in [3.8, 4) is 10.6 Å². The van der Waals surface area contributed by atoms with E-state index in [0.29, 0.717) is 18.2 Å². The summed E-state index contributed by atoms with van der Waals surface area (Å²) in [5.74, 6) is -0.00702. The van der Waals surface area contributed by atoms with Gasteiger partial charge in [-0.1, -0.05) is 0 Å². The van der Waals surface area contributed by atoms with Crippen molar-refractivity contribution in [1.82, 2.24) is 30.6 Å². The minimum Gasteiger partial charge on any atom is -0.349 e. The van der Waals surface area contributed by atoms with Gasteiger partial charge in [0.25, 0.3) is 0 Å². The van der Waals surface area contributed by atoms with Crippen LogP contribution < -0.4 is 16.0 Å². The quantitative estimate of drug-likeness (QED) is 0.518. The van der Waals surface area contributed by atoms with Gasteiger partial charge in [0.15, 0.2) is 0 Å². The van der Waals surface area contributed by atoms with Gasteiger partial charge in [-0.25, -0.2) is 19.3 Å². The van der Waals surface area contributed by atoms with Crippen LogP contribution in [0.1, 0.15) is 38.1 Å². The predicted molar refractivity (Wildman–Crippen MR) is 117 cm³/mol. The number of pyridine rings is 1. The van der Waals surface area contributed by atoms with E-state index >= 15 is 0 Å². The van der Waals surface area contributed by atoms with E-state index in [4.69, 9.17) is 0 Å². The molecule has 3 aromatic rings. The molecule has 0 spiro atoms. The maximum Gasteiger partial charge on any atom is 0.237 e. The number of halogens is 1. The highest BCUT2D eigenvalue weighted by Gasteiger charge is 2.26. The number of carbonyl (C=O) groups excluding carboxylic acids is 1. The highest BCUT2D eigenvalue weighted by molar-refractivity contribution is 7.13. The summed E-state index contributed by atoms with van der Waals surface area (Å²) in [5.41, 5.74) is 1.07. The maximum absolute atomic E-state index is 14.1. The Morgan fingerprint density at radius 1 is 1.32 bits per heavy atom. The lowest BCUT2D eigenvalue weighted by molar-refractivity contribution is -0.122. The number of rotatable bonds is 7. The third kappa shape index (κ3) is 5.02. The lowest BCUT2D eigenvalue weighted by Gasteiger charge is -2.25. The van der Waals surface area contributed by atoms with E-state index in [1.54, 1.807) is 24.7 Å². The Hall–Kier alpha value is -2.98. The van der Waals surface area contributed by atoms with Crippen molar-refractivity contribution in [3.05, 3.63) is 53.3 Å². The number of amides is 1. The number of nitrogens with one attached hydrogen (secondary N) is 3. The van der Waals surface area contributed by atoms with Gasteiger partial charge in [-0.15, -0.1) is 11.3 Å². The van der Waals surface area contributed by atoms with E-state index < -0.39 is 5.54 Å². The molecule has 3 N–H and O–H groups in total. The first-order valence-electron chi connectivity index (χ1n) is 10.1. The molecule has 1 saturated heterocycles. The van der Waals surface area contributed by atoms with E-state index in [0.717, 1.165) is 35.7 Å². The highest BCUT2D eigenvalue weighted by Crippen LogP contribution is 2.26. The summed E-state index contributed by atoms with van der Waals surface area (Å²) < 4.78 is 14.1.